The summed E-state index contributed by atoms with van der Waals surface area (Å²) in [4.78, 5) is 27.0. The average Bonchev–Trinajstić information content (AvgIpc) is 2.69. The molecule has 144 valence electrons. The lowest BCUT2D eigenvalue weighted by Gasteiger charge is -2.30. The fourth-order valence-electron chi connectivity index (χ4n) is 2.93. The minimum atomic E-state index is -0.541. The van der Waals surface area contributed by atoms with Crippen molar-refractivity contribution in [1.29, 1.82) is 0 Å². The maximum atomic E-state index is 13.1. The second-order valence-corrected chi connectivity index (χ2v) is 6.65. The van der Waals surface area contributed by atoms with Gasteiger partial charge in [0.25, 0.3) is 0 Å². The first-order chi connectivity index (χ1) is 13.0. The van der Waals surface area contributed by atoms with Crippen molar-refractivity contribution < 1.29 is 14.3 Å². The molecule has 0 aliphatic carbocycles. The van der Waals surface area contributed by atoms with E-state index in [9.17, 15) is 9.59 Å². The third kappa shape index (κ3) is 5.73. The molecule has 2 rings (SSSR count). The molecule has 5 nitrogen and oxygen atoms in total. The van der Waals surface area contributed by atoms with Gasteiger partial charge in [0.1, 0.15) is 11.8 Å². The quantitative estimate of drug-likeness (QED) is 0.753. The van der Waals surface area contributed by atoms with Crippen LogP contribution in [0.1, 0.15) is 24.5 Å². The van der Waals surface area contributed by atoms with Gasteiger partial charge in [-0.3, -0.25) is 9.59 Å². The van der Waals surface area contributed by atoms with Gasteiger partial charge in [-0.05, 0) is 41.8 Å². The van der Waals surface area contributed by atoms with E-state index in [1.165, 1.54) is 0 Å². The molecule has 1 N–H and O–H groups in total. The predicted octanol–water partition coefficient (Wildman–Crippen LogP) is 3.44. The molecule has 0 unspecified atom stereocenters. The molecular formula is C21H25ClN2O3. The number of methoxy groups -OCH3 is 1. The Labute approximate surface area is 165 Å². The Balaban J connectivity index is 2.28. The molecule has 6 heteroatoms. The van der Waals surface area contributed by atoms with Crippen LogP contribution in [0.4, 0.5) is 0 Å². The van der Waals surface area contributed by atoms with Gasteiger partial charge in [-0.1, -0.05) is 42.8 Å². The molecule has 2 aromatic rings. The Kier molecular flexibility index (Phi) is 7.67. The zero-order chi connectivity index (χ0) is 19.8. The van der Waals surface area contributed by atoms with E-state index in [0.717, 1.165) is 11.1 Å². The number of nitrogens with one attached hydrogen (secondary N) is 1. The number of hydrogen-bond acceptors (Lipinski definition) is 3. The summed E-state index contributed by atoms with van der Waals surface area (Å²) < 4.78 is 5.26. The summed E-state index contributed by atoms with van der Waals surface area (Å²) in [6.07, 6.45) is 0.727. The molecule has 0 heterocycles. The summed E-state index contributed by atoms with van der Waals surface area (Å²) in [5, 5.41) is 3.28. The number of hydrogen-bond donors (Lipinski definition) is 1. The van der Waals surface area contributed by atoms with Crippen molar-refractivity contribution in [3.05, 3.63) is 64.7 Å². The van der Waals surface area contributed by atoms with Crippen LogP contribution in [-0.4, -0.2) is 36.9 Å². The van der Waals surface area contributed by atoms with Gasteiger partial charge < -0.3 is 15.0 Å². The third-order valence-electron chi connectivity index (χ3n) is 4.39. The minimum Gasteiger partial charge on any atom is -0.497 e. The van der Waals surface area contributed by atoms with Gasteiger partial charge in [0.05, 0.1) is 13.5 Å². The largest absolute Gasteiger partial charge is 0.497 e. The number of nitrogens with zero attached hydrogens (tertiary/aromatic N) is 1. The van der Waals surface area contributed by atoms with Gasteiger partial charge in [-0.25, -0.2) is 0 Å². The molecular weight excluding hydrogens is 364 g/mol. The Morgan fingerprint density at radius 3 is 2.44 bits per heavy atom. The van der Waals surface area contributed by atoms with Crippen LogP contribution in [0.25, 0.3) is 0 Å². The molecule has 0 aliphatic heterocycles. The van der Waals surface area contributed by atoms with Crippen molar-refractivity contribution in [1.82, 2.24) is 10.2 Å². The number of ether oxygens (including phenoxy) is 1. The van der Waals surface area contributed by atoms with Gasteiger partial charge in [0, 0.05) is 18.6 Å². The fourth-order valence-corrected chi connectivity index (χ4v) is 3.06. The molecule has 0 spiro atoms. The number of likely N-dealkylation sites (N-methyl/N-ethyl adjacent to an activating group) is 1. The van der Waals surface area contributed by atoms with E-state index >= 15 is 0 Å². The summed E-state index contributed by atoms with van der Waals surface area (Å²) in [5.41, 5.74) is 1.76. The monoisotopic (exact) mass is 388 g/mol. The average molecular weight is 389 g/mol. The number of amides is 2. The van der Waals surface area contributed by atoms with Crippen LogP contribution in [0.5, 0.6) is 5.75 Å². The van der Waals surface area contributed by atoms with Crippen molar-refractivity contribution in [3.8, 4) is 5.75 Å². The first-order valence-corrected chi connectivity index (χ1v) is 9.24. The van der Waals surface area contributed by atoms with Crippen LogP contribution in [-0.2, 0) is 22.6 Å². The van der Waals surface area contributed by atoms with Crippen molar-refractivity contribution in [2.45, 2.75) is 32.4 Å². The molecule has 2 amide bonds. The molecule has 0 saturated carbocycles. The molecule has 0 bridgehead atoms. The van der Waals surface area contributed by atoms with Crippen molar-refractivity contribution in [3.63, 3.8) is 0 Å². The van der Waals surface area contributed by atoms with Crippen LogP contribution in [0, 0.1) is 0 Å². The van der Waals surface area contributed by atoms with Crippen LogP contribution in [0.3, 0.4) is 0 Å². The molecule has 0 aliphatic rings. The minimum absolute atomic E-state index is 0.115. The van der Waals surface area contributed by atoms with Crippen molar-refractivity contribution >= 4 is 23.4 Å². The van der Waals surface area contributed by atoms with Gasteiger partial charge >= 0.3 is 0 Å². The predicted molar refractivity (Wildman–Crippen MR) is 107 cm³/mol. The Bertz CT molecular complexity index is 777. The van der Waals surface area contributed by atoms with E-state index in [1.807, 2.05) is 43.3 Å². The Morgan fingerprint density at radius 2 is 1.85 bits per heavy atom. The maximum absolute atomic E-state index is 13.1. The molecule has 0 radical (unpaired) electrons. The highest BCUT2D eigenvalue weighted by Gasteiger charge is 2.28. The van der Waals surface area contributed by atoms with Crippen LogP contribution < -0.4 is 10.1 Å². The number of rotatable bonds is 8. The zero-order valence-electron chi connectivity index (χ0n) is 15.9. The van der Waals surface area contributed by atoms with Crippen LogP contribution >= 0.6 is 11.6 Å². The second kappa shape index (κ2) is 9.97. The van der Waals surface area contributed by atoms with E-state index < -0.39 is 6.04 Å². The summed E-state index contributed by atoms with van der Waals surface area (Å²) in [7, 11) is 3.18. The standard InChI is InChI=1S/C21H25ClN2O3/c1-4-19(21(26)23-2)24(14-16-6-5-7-18(12-16)27-3)20(25)13-15-8-10-17(22)11-9-15/h5-12,19H,4,13-14H2,1-3H3,(H,23,26)/t19-/m1/s1. The molecule has 2 aromatic carbocycles. The lowest BCUT2D eigenvalue weighted by Crippen LogP contribution is -2.48. The van der Waals surface area contributed by atoms with Crippen LogP contribution in [0.2, 0.25) is 5.02 Å². The van der Waals surface area contributed by atoms with Gasteiger partial charge in [0.2, 0.25) is 11.8 Å². The maximum Gasteiger partial charge on any atom is 0.242 e. The topological polar surface area (TPSA) is 58.6 Å². The van der Waals surface area contributed by atoms with Crippen LogP contribution in [0.15, 0.2) is 48.5 Å². The lowest BCUT2D eigenvalue weighted by molar-refractivity contribution is -0.140. The molecule has 27 heavy (non-hydrogen) atoms. The lowest BCUT2D eigenvalue weighted by atomic mass is 10.1. The van der Waals surface area contributed by atoms with E-state index in [1.54, 1.807) is 31.2 Å². The molecule has 0 saturated heterocycles. The SMILES string of the molecule is CC[C@H](C(=O)NC)N(Cc1cccc(OC)c1)C(=O)Cc1ccc(Cl)cc1. The van der Waals surface area contributed by atoms with Crippen molar-refractivity contribution in [2.75, 3.05) is 14.2 Å². The highest BCUT2D eigenvalue weighted by molar-refractivity contribution is 6.30. The summed E-state index contributed by atoms with van der Waals surface area (Å²) in [6.45, 7) is 2.23. The second-order valence-electron chi connectivity index (χ2n) is 6.21. The smallest absolute Gasteiger partial charge is 0.242 e. The Morgan fingerprint density at radius 1 is 1.15 bits per heavy atom. The normalized spacial score (nSPS) is 11.6. The summed E-state index contributed by atoms with van der Waals surface area (Å²) >= 11 is 5.92. The molecule has 0 fully saturated rings. The van der Waals surface area contributed by atoms with E-state index in [2.05, 4.69) is 5.32 Å². The summed E-state index contributed by atoms with van der Waals surface area (Å²) in [6, 6.07) is 14.1. The first kappa shape index (κ1) is 20.8. The summed E-state index contributed by atoms with van der Waals surface area (Å²) in [5.74, 6) is 0.422. The highest BCUT2D eigenvalue weighted by Crippen LogP contribution is 2.19. The number of halogens is 1. The van der Waals surface area contributed by atoms with Gasteiger partial charge in [-0.2, -0.15) is 0 Å². The van der Waals surface area contributed by atoms with E-state index in [4.69, 9.17) is 16.3 Å². The first-order valence-electron chi connectivity index (χ1n) is 8.87. The Hall–Kier alpha value is -2.53. The molecule has 0 aromatic heterocycles. The van der Waals surface area contributed by atoms with Crippen molar-refractivity contribution in [2.24, 2.45) is 0 Å². The number of carbonyl (C=O) groups excluding carboxylic acids is 2. The van der Waals surface area contributed by atoms with E-state index in [-0.39, 0.29) is 18.2 Å². The molecule has 1 atom stereocenters. The zero-order valence-corrected chi connectivity index (χ0v) is 16.6. The van der Waals surface area contributed by atoms with Gasteiger partial charge in [0.15, 0.2) is 0 Å². The number of benzene rings is 2. The fraction of sp³-hybridized carbons (Fsp3) is 0.333. The number of carbonyl (C=O) groups is 2. The third-order valence-corrected chi connectivity index (χ3v) is 4.64. The highest BCUT2D eigenvalue weighted by atomic mass is 35.5. The van der Waals surface area contributed by atoms with Gasteiger partial charge in [-0.15, -0.1) is 0 Å². The van der Waals surface area contributed by atoms with E-state index in [0.29, 0.717) is 23.7 Å².